The fourth-order valence-corrected chi connectivity index (χ4v) is 2.44. The first-order valence-corrected chi connectivity index (χ1v) is 6.38. The van der Waals surface area contributed by atoms with Gasteiger partial charge in [0.05, 0.1) is 11.0 Å². The molecule has 1 heterocycles. The van der Waals surface area contributed by atoms with Gasteiger partial charge in [0.2, 0.25) is 0 Å². The van der Waals surface area contributed by atoms with Crippen LogP contribution in [0.5, 0.6) is 0 Å². The van der Waals surface area contributed by atoms with E-state index in [4.69, 9.17) is 28.9 Å². The highest BCUT2D eigenvalue weighted by atomic mass is 35.5. The lowest BCUT2D eigenvalue weighted by Crippen LogP contribution is -1.98. The molecule has 3 nitrogen and oxygen atoms in total. The molecule has 0 amide bonds. The van der Waals surface area contributed by atoms with Crippen LogP contribution >= 0.6 is 23.2 Å². The predicted octanol–water partition coefficient (Wildman–Crippen LogP) is 4.19. The molecule has 0 radical (unpaired) electrons. The highest BCUT2D eigenvalue weighted by molar-refractivity contribution is 6.35. The summed E-state index contributed by atoms with van der Waals surface area (Å²) in [5.74, 6) is 0.358. The molecule has 0 saturated heterocycles. The lowest BCUT2D eigenvalue weighted by atomic mass is 10.1. The van der Waals surface area contributed by atoms with Crippen LogP contribution in [0.1, 0.15) is 0 Å². The number of nitrogen functional groups attached to an aromatic ring is 1. The van der Waals surface area contributed by atoms with Crippen molar-refractivity contribution in [3.63, 3.8) is 0 Å². The van der Waals surface area contributed by atoms with E-state index >= 15 is 0 Å². The van der Waals surface area contributed by atoms with E-state index in [1.165, 1.54) is 0 Å². The van der Waals surface area contributed by atoms with Gasteiger partial charge in [0.15, 0.2) is 5.82 Å². The van der Waals surface area contributed by atoms with Crippen molar-refractivity contribution in [2.75, 3.05) is 5.73 Å². The predicted molar refractivity (Wildman–Crippen MR) is 79.4 cm³/mol. The van der Waals surface area contributed by atoms with Crippen molar-refractivity contribution in [3.8, 4) is 11.3 Å². The largest absolute Gasteiger partial charge is 0.382 e. The maximum atomic E-state index is 6.00. The molecule has 0 aliphatic rings. The van der Waals surface area contributed by atoms with E-state index in [1.54, 1.807) is 18.2 Å². The third-order valence-corrected chi connectivity index (χ3v) is 3.17. The second-order valence-electron chi connectivity index (χ2n) is 4.10. The summed E-state index contributed by atoms with van der Waals surface area (Å²) in [4.78, 5) is 8.86. The highest BCUT2D eigenvalue weighted by Gasteiger charge is 2.09. The zero-order chi connectivity index (χ0) is 13.4. The second kappa shape index (κ2) is 4.68. The Kier molecular flexibility index (Phi) is 3.01. The molecule has 0 aliphatic carbocycles. The molecule has 2 aromatic carbocycles. The van der Waals surface area contributed by atoms with Crippen LogP contribution < -0.4 is 5.73 Å². The molecule has 1 aromatic heterocycles. The van der Waals surface area contributed by atoms with Crippen LogP contribution in [-0.4, -0.2) is 9.97 Å². The minimum absolute atomic E-state index is 0.358. The molecule has 0 unspecified atom stereocenters. The molecule has 0 saturated carbocycles. The standard InChI is InChI=1S/C14H9Cl2N3/c15-9-5-8(6-10(16)7-9)13-14(17)19-12-4-2-1-3-11(12)18-13/h1-7H,(H2,17,19). The smallest absolute Gasteiger partial charge is 0.150 e. The number of aromatic nitrogens is 2. The summed E-state index contributed by atoms with van der Waals surface area (Å²) in [6.45, 7) is 0. The first-order chi connectivity index (χ1) is 9.13. The van der Waals surface area contributed by atoms with E-state index in [9.17, 15) is 0 Å². The number of benzene rings is 2. The Labute approximate surface area is 120 Å². The summed E-state index contributed by atoms with van der Waals surface area (Å²) in [6, 6.07) is 12.8. The average molecular weight is 290 g/mol. The Balaban J connectivity index is 2.26. The van der Waals surface area contributed by atoms with Crippen molar-refractivity contribution in [3.05, 3.63) is 52.5 Å². The molecule has 2 N–H and O–H groups in total. The van der Waals surface area contributed by atoms with Gasteiger partial charge in [-0.2, -0.15) is 0 Å². The third-order valence-electron chi connectivity index (χ3n) is 2.73. The summed E-state index contributed by atoms with van der Waals surface area (Å²) >= 11 is 12.0. The number of hydrogen-bond donors (Lipinski definition) is 1. The van der Waals surface area contributed by atoms with Gasteiger partial charge in [0.1, 0.15) is 5.69 Å². The van der Waals surface area contributed by atoms with E-state index < -0.39 is 0 Å². The van der Waals surface area contributed by atoms with Crippen LogP contribution in [0.4, 0.5) is 5.82 Å². The quantitative estimate of drug-likeness (QED) is 0.731. The molecule has 3 aromatic rings. The van der Waals surface area contributed by atoms with Gasteiger partial charge in [-0.05, 0) is 30.3 Å². The minimum atomic E-state index is 0.358. The third kappa shape index (κ3) is 2.35. The number of hydrogen-bond acceptors (Lipinski definition) is 3. The lowest BCUT2D eigenvalue weighted by molar-refractivity contribution is 1.30. The molecule has 0 spiro atoms. The molecule has 0 fully saturated rings. The molecule has 19 heavy (non-hydrogen) atoms. The van der Waals surface area contributed by atoms with E-state index in [1.807, 2.05) is 24.3 Å². The topological polar surface area (TPSA) is 51.8 Å². The maximum absolute atomic E-state index is 6.00. The summed E-state index contributed by atoms with van der Waals surface area (Å²) in [5, 5.41) is 1.08. The van der Waals surface area contributed by atoms with Crippen molar-refractivity contribution >= 4 is 40.1 Å². The van der Waals surface area contributed by atoms with Crippen LogP contribution in [-0.2, 0) is 0 Å². The van der Waals surface area contributed by atoms with Gasteiger partial charge in [0, 0.05) is 15.6 Å². The van der Waals surface area contributed by atoms with Gasteiger partial charge in [-0.15, -0.1) is 0 Å². The van der Waals surface area contributed by atoms with Gasteiger partial charge in [0.25, 0.3) is 0 Å². The van der Waals surface area contributed by atoms with Crippen molar-refractivity contribution in [1.82, 2.24) is 9.97 Å². The van der Waals surface area contributed by atoms with E-state index in [0.717, 1.165) is 16.6 Å². The van der Waals surface area contributed by atoms with Gasteiger partial charge >= 0.3 is 0 Å². The summed E-state index contributed by atoms with van der Waals surface area (Å²) < 4.78 is 0. The fourth-order valence-electron chi connectivity index (χ4n) is 1.92. The van der Waals surface area contributed by atoms with E-state index in [0.29, 0.717) is 21.6 Å². The number of para-hydroxylation sites is 2. The van der Waals surface area contributed by atoms with E-state index in [-0.39, 0.29) is 0 Å². The first kappa shape index (κ1) is 12.2. The van der Waals surface area contributed by atoms with Gasteiger partial charge in [-0.1, -0.05) is 35.3 Å². The number of fused-ring (bicyclic) bond motifs is 1. The Hall–Kier alpha value is -1.84. The number of anilines is 1. The van der Waals surface area contributed by atoms with Gasteiger partial charge in [-0.25, -0.2) is 9.97 Å². The Morgan fingerprint density at radius 2 is 1.42 bits per heavy atom. The van der Waals surface area contributed by atoms with Crippen molar-refractivity contribution in [2.24, 2.45) is 0 Å². The Bertz CT molecular complexity index is 751. The summed E-state index contributed by atoms with van der Waals surface area (Å²) in [5.41, 5.74) is 8.84. The van der Waals surface area contributed by atoms with E-state index in [2.05, 4.69) is 9.97 Å². The van der Waals surface area contributed by atoms with Crippen molar-refractivity contribution in [2.45, 2.75) is 0 Å². The van der Waals surface area contributed by atoms with Crippen molar-refractivity contribution < 1.29 is 0 Å². The summed E-state index contributed by atoms with van der Waals surface area (Å²) in [6.07, 6.45) is 0. The highest BCUT2D eigenvalue weighted by Crippen LogP contribution is 2.29. The number of nitrogens with zero attached hydrogens (tertiary/aromatic N) is 2. The normalized spacial score (nSPS) is 10.8. The summed E-state index contributed by atoms with van der Waals surface area (Å²) in [7, 11) is 0. The van der Waals surface area contributed by atoms with Gasteiger partial charge in [-0.3, -0.25) is 0 Å². The number of rotatable bonds is 1. The van der Waals surface area contributed by atoms with Crippen LogP contribution in [0, 0.1) is 0 Å². The zero-order valence-electron chi connectivity index (χ0n) is 9.77. The number of halogens is 2. The van der Waals surface area contributed by atoms with Crippen LogP contribution in [0.2, 0.25) is 10.0 Å². The monoisotopic (exact) mass is 289 g/mol. The molecule has 5 heteroatoms. The fraction of sp³-hybridized carbons (Fsp3) is 0. The first-order valence-electron chi connectivity index (χ1n) is 5.62. The molecular weight excluding hydrogens is 281 g/mol. The van der Waals surface area contributed by atoms with Crippen molar-refractivity contribution in [1.29, 1.82) is 0 Å². The number of nitrogens with two attached hydrogens (primary N) is 1. The van der Waals surface area contributed by atoms with Crippen LogP contribution in [0.15, 0.2) is 42.5 Å². The molecule has 3 rings (SSSR count). The molecular formula is C14H9Cl2N3. The van der Waals surface area contributed by atoms with Gasteiger partial charge < -0.3 is 5.73 Å². The lowest BCUT2D eigenvalue weighted by Gasteiger charge is -2.07. The van der Waals surface area contributed by atoms with Crippen LogP contribution in [0.25, 0.3) is 22.3 Å². The molecule has 0 aliphatic heterocycles. The molecule has 0 bridgehead atoms. The maximum Gasteiger partial charge on any atom is 0.150 e. The minimum Gasteiger partial charge on any atom is -0.382 e. The van der Waals surface area contributed by atoms with Crippen LogP contribution in [0.3, 0.4) is 0 Å². The average Bonchev–Trinajstić information content (AvgIpc) is 2.36. The second-order valence-corrected chi connectivity index (χ2v) is 4.98. The Morgan fingerprint density at radius 3 is 2.05 bits per heavy atom. The zero-order valence-corrected chi connectivity index (χ0v) is 11.3. The molecule has 94 valence electrons. The SMILES string of the molecule is Nc1nc2ccccc2nc1-c1cc(Cl)cc(Cl)c1. The molecule has 0 atom stereocenters. The Morgan fingerprint density at radius 1 is 0.842 bits per heavy atom.